The van der Waals surface area contributed by atoms with Crippen molar-refractivity contribution in [3.63, 3.8) is 0 Å². The summed E-state index contributed by atoms with van der Waals surface area (Å²) in [5, 5.41) is 11.7. The van der Waals surface area contributed by atoms with E-state index < -0.39 is 0 Å². The number of nitrogens with two attached hydrogens (primary N) is 1. The topological polar surface area (TPSA) is 90.0 Å². The van der Waals surface area contributed by atoms with Crippen LogP contribution in [0.15, 0.2) is 47.9 Å². The number of ether oxygens (including phenoxy) is 2. The Hall–Kier alpha value is -2.76. The molecule has 20 heavy (non-hydrogen) atoms. The summed E-state index contributed by atoms with van der Waals surface area (Å²) < 4.78 is 10.7. The molecular formula is C14H15N3O3. The van der Waals surface area contributed by atoms with Crippen molar-refractivity contribution in [2.75, 3.05) is 7.11 Å². The maximum atomic E-state index is 8.73. The van der Waals surface area contributed by atoms with Crippen LogP contribution in [0.3, 0.4) is 0 Å². The Labute approximate surface area is 116 Å². The highest BCUT2D eigenvalue weighted by atomic mass is 16.5. The summed E-state index contributed by atoms with van der Waals surface area (Å²) in [5.74, 6) is 1.23. The molecule has 3 N–H and O–H groups in total. The van der Waals surface area contributed by atoms with Crippen LogP contribution in [0.4, 0.5) is 0 Å². The van der Waals surface area contributed by atoms with Gasteiger partial charge in [-0.1, -0.05) is 17.3 Å². The van der Waals surface area contributed by atoms with E-state index in [2.05, 4.69) is 10.1 Å². The van der Waals surface area contributed by atoms with Crippen molar-refractivity contribution in [1.82, 2.24) is 4.98 Å². The third-order valence-electron chi connectivity index (χ3n) is 2.72. The molecule has 0 unspecified atom stereocenters. The zero-order valence-corrected chi connectivity index (χ0v) is 11.0. The Morgan fingerprint density at radius 1 is 1.30 bits per heavy atom. The molecule has 0 fully saturated rings. The van der Waals surface area contributed by atoms with E-state index in [1.165, 1.54) is 6.20 Å². The number of methoxy groups -OCH3 is 1. The lowest BCUT2D eigenvalue weighted by molar-refractivity contribution is 0.302. The van der Waals surface area contributed by atoms with E-state index in [4.69, 9.17) is 20.4 Å². The normalized spacial score (nSPS) is 11.2. The average Bonchev–Trinajstić information content (AvgIpc) is 2.53. The Morgan fingerprint density at radius 2 is 2.05 bits per heavy atom. The maximum absolute atomic E-state index is 8.73. The van der Waals surface area contributed by atoms with Gasteiger partial charge in [0.2, 0.25) is 0 Å². The van der Waals surface area contributed by atoms with Gasteiger partial charge in [-0.3, -0.25) is 4.98 Å². The van der Waals surface area contributed by atoms with E-state index in [0.29, 0.717) is 17.9 Å². The second-order valence-corrected chi connectivity index (χ2v) is 3.99. The van der Waals surface area contributed by atoms with Gasteiger partial charge in [0, 0.05) is 6.20 Å². The lowest BCUT2D eigenvalue weighted by Crippen LogP contribution is -2.15. The number of benzene rings is 1. The van der Waals surface area contributed by atoms with E-state index in [1.807, 2.05) is 24.3 Å². The molecule has 1 aromatic heterocycles. The fraction of sp³-hybridized carbons (Fsp3) is 0.143. The highest BCUT2D eigenvalue weighted by molar-refractivity contribution is 5.99. The molecule has 104 valence electrons. The van der Waals surface area contributed by atoms with Crippen molar-refractivity contribution < 1.29 is 14.7 Å². The molecule has 0 aliphatic heterocycles. The van der Waals surface area contributed by atoms with Crippen molar-refractivity contribution in [2.45, 2.75) is 6.61 Å². The molecule has 6 nitrogen and oxygen atoms in total. The highest BCUT2D eigenvalue weighted by Gasteiger charge is 2.08. The number of aromatic nitrogens is 1. The summed E-state index contributed by atoms with van der Waals surface area (Å²) in [6.07, 6.45) is 3.07. The third-order valence-corrected chi connectivity index (χ3v) is 2.72. The van der Waals surface area contributed by atoms with Gasteiger partial charge in [-0.05, 0) is 23.8 Å². The number of oxime groups is 1. The number of pyridine rings is 1. The van der Waals surface area contributed by atoms with Crippen LogP contribution in [0.1, 0.15) is 11.1 Å². The summed E-state index contributed by atoms with van der Waals surface area (Å²) in [6, 6.07) is 9.13. The molecule has 0 aliphatic rings. The fourth-order valence-corrected chi connectivity index (χ4v) is 1.64. The first kappa shape index (κ1) is 13.7. The van der Waals surface area contributed by atoms with E-state index in [1.54, 1.807) is 19.4 Å². The summed E-state index contributed by atoms with van der Waals surface area (Å²) >= 11 is 0. The molecule has 1 heterocycles. The number of hydrogen-bond acceptors (Lipinski definition) is 5. The SMILES string of the molecule is COc1ccc(COc2cnccc2/C(N)=N/O)cc1. The maximum Gasteiger partial charge on any atom is 0.173 e. The average molecular weight is 273 g/mol. The molecular weight excluding hydrogens is 258 g/mol. The predicted octanol–water partition coefficient (Wildman–Crippen LogP) is 1.76. The molecule has 0 saturated carbocycles. The fourth-order valence-electron chi connectivity index (χ4n) is 1.64. The van der Waals surface area contributed by atoms with Crippen molar-refractivity contribution in [1.29, 1.82) is 0 Å². The second-order valence-electron chi connectivity index (χ2n) is 3.99. The molecule has 0 aliphatic carbocycles. The monoisotopic (exact) mass is 273 g/mol. The van der Waals surface area contributed by atoms with Crippen LogP contribution < -0.4 is 15.2 Å². The predicted molar refractivity (Wildman–Crippen MR) is 74.1 cm³/mol. The van der Waals surface area contributed by atoms with Gasteiger partial charge in [0.05, 0.1) is 18.9 Å². The number of rotatable bonds is 5. The van der Waals surface area contributed by atoms with Crippen LogP contribution in [-0.2, 0) is 6.61 Å². The lowest BCUT2D eigenvalue weighted by Gasteiger charge is -2.10. The standard InChI is InChI=1S/C14H15N3O3/c1-19-11-4-2-10(3-5-11)9-20-13-8-16-7-6-12(13)14(15)17-18/h2-8,18H,9H2,1H3,(H2,15,17). The molecule has 1 aromatic carbocycles. The van der Waals surface area contributed by atoms with Gasteiger partial charge >= 0.3 is 0 Å². The van der Waals surface area contributed by atoms with Gasteiger partial charge < -0.3 is 20.4 Å². The van der Waals surface area contributed by atoms with E-state index in [9.17, 15) is 0 Å². The largest absolute Gasteiger partial charge is 0.497 e. The third kappa shape index (κ3) is 3.17. The quantitative estimate of drug-likeness (QED) is 0.375. The van der Waals surface area contributed by atoms with Crippen LogP contribution in [-0.4, -0.2) is 23.1 Å². The van der Waals surface area contributed by atoms with Gasteiger partial charge in [0.1, 0.15) is 18.1 Å². The minimum Gasteiger partial charge on any atom is -0.497 e. The molecule has 0 spiro atoms. The summed E-state index contributed by atoms with van der Waals surface area (Å²) in [5.41, 5.74) is 7.05. The van der Waals surface area contributed by atoms with Crippen LogP contribution in [0.5, 0.6) is 11.5 Å². The Morgan fingerprint density at radius 3 is 2.70 bits per heavy atom. The molecule has 0 atom stereocenters. The number of hydrogen-bond donors (Lipinski definition) is 2. The minimum absolute atomic E-state index is 0.0165. The van der Waals surface area contributed by atoms with Crippen LogP contribution >= 0.6 is 0 Å². The molecule has 0 bridgehead atoms. The first-order valence-electron chi connectivity index (χ1n) is 5.92. The van der Waals surface area contributed by atoms with Crippen LogP contribution in [0.2, 0.25) is 0 Å². The van der Waals surface area contributed by atoms with Gasteiger partial charge in [-0.15, -0.1) is 0 Å². The number of amidine groups is 1. The lowest BCUT2D eigenvalue weighted by atomic mass is 10.2. The second kappa shape index (κ2) is 6.42. The molecule has 2 rings (SSSR count). The van der Waals surface area contributed by atoms with Crippen molar-refractivity contribution in [3.8, 4) is 11.5 Å². The van der Waals surface area contributed by atoms with Gasteiger partial charge in [-0.2, -0.15) is 0 Å². The number of nitrogens with zero attached hydrogens (tertiary/aromatic N) is 2. The summed E-state index contributed by atoms with van der Waals surface area (Å²) in [4.78, 5) is 3.96. The smallest absolute Gasteiger partial charge is 0.173 e. The van der Waals surface area contributed by atoms with Crippen LogP contribution in [0.25, 0.3) is 0 Å². The Balaban J connectivity index is 2.10. The molecule has 0 radical (unpaired) electrons. The summed E-state index contributed by atoms with van der Waals surface area (Å²) in [6.45, 7) is 0.349. The zero-order valence-electron chi connectivity index (χ0n) is 11.0. The highest BCUT2D eigenvalue weighted by Crippen LogP contribution is 2.18. The minimum atomic E-state index is -0.0165. The Kier molecular flexibility index (Phi) is 4.39. The van der Waals surface area contributed by atoms with E-state index >= 15 is 0 Å². The zero-order chi connectivity index (χ0) is 14.4. The molecule has 0 saturated heterocycles. The van der Waals surface area contributed by atoms with Crippen molar-refractivity contribution >= 4 is 5.84 Å². The van der Waals surface area contributed by atoms with Gasteiger partial charge in [0.25, 0.3) is 0 Å². The van der Waals surface area contributed by atoms with E-state index in [-0.39, 0.29) is 5.84 Å². The first-order chi connectivity index (χ1) is 9.74. The summed E-state index contributed by atoms with van der Waals surface area (Å²) in [7, 11) is 1.62. The molecule has 6 heteroatoms. The van der Waals surface area contributed by atoms with Crippen LogP contribution in [0, 0.1) is 0 Å². The Bertz CT molecular complexity index is 597. The van der Waals surface area contributed by atoms with Gasteiger partial charge in [0.15, 0.2) is 5.84 Å². The molecule has 2 aromatic rings. The van der Waals surface area contributed by atoms with Gasteiger partial charge in [-0.25, -0.2) is 0 Å². The first-order valence-corrected chi connectivity index (χ1v) is 5.92. The molecule has 0 amide bonds. The van der Waals surface area contributed by atoms with E-state index in [0.717, 1.165) is 11.3 Å². The van der Waals surface area contributed by atoms with Crippen molar-refractivity contribution in [2.24, 2.45) is 10.9 Å². The van der Waals surface area contributed by atoms with Crippen molar-refractivity contribution in [3.05, 3.63) is 53.9 Å².